The first kappa shape index (κ1) is 10.5. The minimum Gasteiger partial charge on any atom is -0.481 e. The van der Waals surface area contributed by atoms with E-state index in [1.54, 1.807) is 6.92 Å². The molecular weight excluding hydrogens is 172 g/mol. The highest BCUT2D eigenvalue weighted by molar-refractivity contribution is 5.67. The first-order valence-corrected chi connectivity index (χ1v) is 4.33. The second kappa shape index (κ2) is 3.27. The summed E-state index contributed by atoms with van der Waals surface area (Å²) in [6.07, 6.45) is -0.108. The summed E-state index contributed by atoms with van der Waals surface area (Å²) in [5.74, 6) is -1.84. The fourth-order valence-electron chi connectivity index (χ4n) is 1.16. The van der Waals surface area contributed by atoms with Gasteiger partial charge in [0, 0.05) is 5.41 Å². The smallest absolute Gasteiger partial charge is 0.308 e. The van der Waals surface area contributed by atoms with Crippen molar-refractivity contribution >= 4 is 5.97 Å². The second-order valence-corrected chi connectivity index (χ2v) is 4.45. The van der Waals surface area contributed by atoms with Gasteiger partial charge in [-0.1, -0.05) is 13.8 Å². The van der Waals surface area contributed by atoms with Gasteiger partial charge in [-0.3, -0.25) is 4.79 Å². The minimum atomic E-state index is -0.943. The Morgan fingerprint density at radius 2 is 1.77 bits per heavy atom. The maximum absolute atomic E-state index is 10.5. The van der Waals surface area contributed by atoms with Crippen LogP contribution < -0.4 is 0 Å². The first-order chi connectivity index (χ1) is 5.83. The molecule has 13 heavy (non-hydrogen) atoms. The molecule has 0 aromatic heterocycles. The molecule has 0 amide bonds. The SMILES string of the molecule is CC1(C)COC(C)(CC(=O)O)OC1. The van der Waals surface area contributed by atoms with Crippen LogP contribution in [-0.2, 0) is 14.3 Å². The van der Waals surface area contributed by atoms with Crippen molar-refractivity contribution in [3.63, 3.8) is 0 Å². The molecule has 1 aliphatic rings. The highest BCUT2D eigenvalue weighted by Gasteiger charge is 2.38. The van der Waals surface area contributed by atoms with Gasteiger partial charge in [0.15, 0.2) is 5.79 Å². The summed E-state index contributed by atoms with van der Waals surface area (Å²) < 4.78 is 10.8. The van der Waals surface area contributed by atoms with Crippen molar-refractivity contribution in [1.29, 1.82) is 0 Å². The molecular formula is C9H16O4. The van der Waals surface area contributed by atoms with Crippen LogP contribution in [0.4, 0.5) is 0 Å². The molecule has 0 aromatic rings. The van der Waals surface area contributed by atoms with E-state index in [2.05, 4.69) is 0 Å². The largest absolute Gasteiger partial charge is 0.481 e. The number of ether oxygens (including phenoxy) is 2. The quantitative estimate of drug-likeness (QED) is 0.708. The molecule has 1 aliphatic heterocycles. The van der Waals surface area contributed by atoms with Crippen LogP contribution in [0.3, 0.4) is 0 Å². The molecule has 1 saturated heterocycles. The minimum absolute atomic E-state index is 0.0159. The lowest BCUT2D eigenvalue weighted by Gasteiger charge is -2.40. The van der Waals surface area contributed by atoms with Gasteiger partial charge in [0.1, 0.15) is 0 Å². The molecule has 0 aliphatic carbocycles. The van der Waals surface area contributed by atoms with E-state index in [9.17, 15) is 4.79 Å². The summed E-state index contributed by atoms with van der Waals surface area (Å²) in [7, 11) is 0. The Bertz CT molecular complexity index is 200. The van der Waals surface area contributed by atoms with E-state index >= 15 is 0 Å². The predicted molar refractivity (Wildman–Crippen MR) is 46.3 cm³/mol. The Hall–Kier alpha value is -0.610. The van der Waals surface area contributed by atoms with E-state index in [1.165, 1.54) is 0 Å². The van der Waals surface area contributed by atoms with E-state index in [1.807, 2.05) is 13.8 Å². The van der Waals surface area contributed by atoms with Crippen molar-refractivity contribution in [1.82, 2.24) is 0 Å². The van der Waals surface area contributed by atoms with Crippen molar-refractivity contribution in [2.45, 2.75) is 33.0 Å². The average molecular weight is 188 g/mol. The molecule has 0 saturated carbocycles. The zero-order chi connectivity index (χ0) is 10.1. The summed E-state index contributed by atoms with van der Waals surface area (Å²) in [4.78, 5) is 10.5. The van der Waals surface area contributed by atoms with Crippen LogP contribution in [0.15, 0.2) is 0 Å². The van der Waals surface area contributed by atoms with Crippen molar-refractivity contribution in [3.05, 3.63) is 0 Å². The molecule has 0 radical (unpaired) electrons. The van der Waals surface area contributed by atoms with E-state index in [0.29, 0.717) is 13.2 Å². The Balaban J connectivity index is 2.51. The van der Waals surface area contributed by atoms with E-state index in [0.717, 1.165) is 0 Å². The van der Waals surface area contributed by atoms with Gasteiger partial charge in [-0.25, -0.2) is 0 Å². The second-order valence-electron chi connectivity index (χ2n) is 4.45. The van der Waals surface area contributed by atoms with E-state index in [4.69, 9.17) is 14.6 Å². The van der Waals surface area contributed by atoms with Crippen molar-refractivity contribution in [2.24, 2.45) is 5.41 Å². The van der Waals surface area contributed by atoms with Gasteiger partial charge >= 0.3 is 5.97 Å². The van der Waals surface area contributed by atoms with Gasteiger partial charge < -0.3 is 14.6 Å². The van der Waals surface area contributed by atoms with Crippen LogP contribution >= 0.6 is 0 Å². The van der Waals surface area contributed by atoms with Gasteiger partial charge in [0.2, 0.25) is 0 Å². The maximum atomic E-state index is 10.5. The summed E-state index contributed by atoms with van der Waals surface area (Å²) in [5.41, 5.74) is -0.0159. The van der Waals surface area contributed by atoms with Crippen LogP contribution in [0.2, 0.25) is 0 Å². The fraction of sp³-hybridized carbons (Fsp3) is 0.889. The molecule has 0 atom stereocenters. The number of carboxylic acid groups (broad SMARTS) is 1. The van der Waals surface area contributed by atoms with Crippen molar-refractivity contribution in [2.75, 3.05) is 13.2 Å². The van der Waals surface area contributed by atoms with Crippen molar-refractivity contribution < 1.29 is 19.4 Å². The standard InChI is InChI=1S/C9H16O4/c1-8(2)5-12-9(3,13-6-8)4-7(10)11/h4-6H2,1-3H3,(H,10,11). The number of hydrogen-bond acceptors (Lipinski definition) is 3. The lowest BCUT2D eigenvalue weighted by Crippen LogP contribution is -2.46. The predicted octanol–water partition coefficient (Wildman–Crippen LogP) is 1.25. The van der Waals surface area contributed by atoms with Crippen LogP contribution in [0.5, 0.6) is 0 Å². The van der Waals surface area contributed by atoms with E-state index in [-0.39, 0.29) is 11.8 Å². The normalized spacial score (nSPS) is 25.5. The van der Waals surface area contributed by atoms with Crippen LogP contribution in [0.25, 0.3) is 0 Å². The van der Waals surface area contributed by atoms with Gasteiger partial charge in [0.05, 0.1) is 19.6 Å². The lowest BCUT2D eigenvalue weighted by atomic mass is 9.94. The third-order valence-electron chi connectivity index (χ3n) is 2.01. The molecule has 76 valence electrons. The topological polar surface area (TPSA) is 55.8 Å². The van der Waals surface area contributed by atoms with Gasteiger partial charge in [-0.15, -0.1) is 0 Å². The molecule has 1 heterocycles. The number of hydrogen-bond donors (Lipinski definition) is 1. The zero-order valence-corrected chi connectivity index (χ0v) is 8.29. The maximum Gasteiger partial charge on any atom is 0.308 e. The van der Waals surface area contributed by atoms with E-state index < -0.39 is 11.8 Å². The summed E-state index contributed by atoms with van der Waals surface area (Å²) >= 11 is 0. The van der Waals surface area contributed by atoms with Crippen LogP contribution in [0.1, 0.15) is 27.2 Å². The Morgan fingerprint density at radius 3 is 2.15 bits per heavy atom. The molecule has 0 unspecified atom stereocenters. The zero-order valence-electron chi connectivity index (χ0n) is 8.29. The average Bonchev–Trinajstić information content (AvgIpc) is 1.95. The molecule has 0 bridgehead atoms. The van der Waals surface area contributed by atoms with Gasteiger partial charge in [-0.05, 0) is 6.92 Å². The third kappa shape index (κ3) is 2.97. The summed E-state index contributed by atoms with van der Waals surface area (Å²) in [6, 6.07) is 0. The van der Waals surface area contributed by atoms with Crippen LogP contribution in [-0.4, -0.2) is 30.1 Å². The summed E-state index contributed by atoms with van der Waals surface area (Å²) in [6.45, 7) is 6.78. The third-order valence-corrected chi connectivity index (χ3v) is 2.01. The molecule has 4 heteroatoms. The Kier molecular flexibility index (Phi) is 2.63. The highest BCUT2D eigenvalue weighted by atomic mass is 16.7. The number of carboxylic acids is 1. The number of carbonyl (C=O) groups is 1. The number of aliphatic carboxylic acids is 1. The summed E-state index contributed by atoms with van der Waals surface area (Å²) in [5, 5.41) is 8.60. The Labute approximate surface area is 77.8 Å². The highest BCUT2D eigenvalue weighted by Crippen LogP contribution is 2.30. The van der Waals surface area contributed by atoms with Crippen molar-refractivity contribution in [3.8, 4) is 0 Å². The molecule has 0 spiro atoms. The molecule has 1 rings (SSSR count). The van der Waals surface area contributed by atoms with Gasteiger partial charge in [0.25, 0.3) is 0 Å². The fourth-order valence-corrected chi connectivity index (χ4v) is 1.16. The van der Waals surface area contributed by atoms with Gasteiger partial charge in [-0.2, -0.15) is 0 Å². The first-order valence-electron chi connectivity index (χ1n) is 4.33. The molecule has 1 fully saturated rings. The molecule has 1 N–H and O–H groups in total. The lowest BCUT2D eigenvalue weighted by molar-refractivity contribution is -0.290. The Morgan fingerprint density at radius 1 is 1.31 bits per heavy atom. The monoisotopic (exact) mass is 188 g/mol. The molecule has 0 aromatic carbocycles. The van der Waals surface area contributed by atoms with Crippen LogP contribution in [0, 0.1) is 5.41 Å². The molecule has 4 nitrogen and oxygen atoms in total. The number of rotatable bonds is 2.